The third kappa shape index (κ3) is 5.91. The van der Waals surface area contributed by atoms with Crippen LogP contribution in [-0.2, 0) is 11.3 Å². The topological polar surface area (TPSA) is 76.2 Å². The second-order valence-corrected chi connectivity index (χ2v) is 4.30. The van der Waals surface area contributed by atoms with Crippen LogP contribution < -0.4 is 11.1 Å². The summed E-state index contributed by atoms with van der Waals surface area (Å²) in [4.78, 5) is 13.6. The van der Waals surface area contributed by atoms with E-state index in [1.165, 1.54) is 4.68 Å². The van der Waals surface area contributed by atoms with Crippen LogP contribution in [-0.4, -0.2) is 47.8 Å². The second-order valence-electron chi connectivity index (χ2n) is 4.30. The molecule has 6 heteroatoms. The van der Waals surface area contributed by atoms with Crippen LogP contribution in [0.3, 0.4) is 0 Å². The average molecular weight is 239 g/mol. The van der Waals surface area contributed by atoms with Gasteiger partial charge in [0, 0.05) is 12.7 Å². The normalized spacial score (nSPS) is 10.8. The first kappa shape index (κ1) is 13.5. The lowest BCUT2D eigenvalue weighted by molar-refractivity contribution is -0.121. The van der Waals surface area contributed by atoms with E-state index in [2.05, 4.69) is 15.3 Å². The minimum absolute atomic E-state index is 0.0297. The molecule has 0 unspecified atom stereocenters. The monoisotopic (exact) mass is 239 g/mol. The van der Waals surface area contributed by atoms with Crippen molar-refractivity contribution in [2.24, 2.45) is 0 Å². The maximum atomic E-state index is 11.5. The summed E-state index contributed by atoms with van der Waals surface area (Å²) in [6, 6.07) is 1.67. The lowest BCUT2D eigenvalue weighted by atomic mass is 10.3. The lowest BCUT2D eigenvalue weighted by Gasteiger charge is -2.09. The van der Waals surface area contributed by atoms with Gasteiger partial charge in [-0.3, -0.25) is 9.48 Å². The van der Waals surface area contributed by atoms with Gasteiger partial charge in [0.1, 0.15) is 12.4 Å². The van der Waals surface area contributed by atoms with Gasteiger partial charge in [0.25, 0.3) is 0 Å². The number of anilines is 1. The largest absolute Gasteiger partial charge is 0.382 e. The van der Waals surface area contributed by atoms with E-state index in [-0.39, 0.29) is 12.5 Å². The molecule has 1 amide bonds. The molecule has 0 aliphatic heterocycles. The Labute approximate surface area is 102 Å². The van der Waals surface area contributed by atoms with E-state index in [1.807, 2.05) is 14.1 Å². The van der Waals surface area contributed by atoms with Gasteiger partial charge < -0.3 is 16.0 Å². The highest BCUT2D eigenvalue weighted by Gasteiger charge is 2.02. The smallest absolute Gasteiger partial charge is 0.241 e. The molecule has 0 aromatic carbocycles. The van der Waals surface area contributed by atoms with Crippen LogP contribution in [0.25, 0.3) is 0 Å². The van der Waals surface area contributed by atoms with Gasteiger partial charge >= 0.3 is 0 Å². The molecular formula is C11H21N5O. The first-order valence-electron chi connectivity index (χ1n) is 5.78. The molecule has 0 fully saturated rings. The predicted molar refractivity (Wildman–Crippen MR) is 67.4 cm³/mol. The van der Waals surface area contributed by atoms with Gasteiger partial charge in [-0.2, -0.15) is 5.10 Å². The van der Waals surface area contributed by atoms with Crippen molar-refractivity contribution in [1.29, 1.82) is 0 Å². The molecule has 0 saturated heterocycles. The quantitative estimate of drug-likeness (QED) is 0.653. The van der Waals surface area contributed by atoms with Gasteiger partial charge in [-0.05, 0) is 39.5 Å². The number of nitrogens with one attached hydrogen (secondary N) is 1. The predicted octanol–water partition coefficient (Wildman–Crippen LogP) is -0.0767. The maximum Gasteiger partial charge on any atom is 0.241 e. The van der Waals surface area contributed by atoms with Crippen LogP contribution in [0.2, 0.25) is 0 Å². The molecule has 1 heterocycles. The van der Waals surface area contributed by atoms with E-state index in [1.54, 1.807) is 12.3 Å². The van der Waals surface area contributed by atoms with Crippen LogP contribution in [0, 0.1) is 0 Å². The Hall–Kier alpha value is -1.56. The highest BCUT2D eigenvalue weighted by molar-refractivity contribution is 5.75. The highest BCUT2D eigenvalue weighted by Crippen LogP contribution is 1.95. The van der Waals surface area contributed by atoms with Gasteiger partial charge in [0.2, 0.25) is 5.91 Å². The molecular weight excluding hydrogens is 218 g/mol. The van der Waals surface area contributed by atoms with Crippen molar-refractivity contribution in [1.82, 2.24) is 20.0 Å². The molecule has 1 rings (SSSR count). The van der Waals surface area contributed by atoms with E-state index in [0.717, 1.165) is 19.4 Å². The summed E-state index contributed by atoms with van der Waals surface area (Å²) in [6.45, 7) is 1.99. The number of nitrogens with zero attached hydrogens (tertiary/aromatic N) is 3. The molecule has 0 saturated carbocycles. The third-order valence-electron chi connectivity index (χ3n) is 2.32. The Morgan fingerprint density at radius 3 is 2.88 bits per heavy atom. The van der Waals surface area contributed by atoms with Crippen LogP contribution in [0.15, 0.2) is 12.3 Å². The van der Waals surface area contributed by atoms with Crippen molar-refractivity contribution < 1.29 is 4.79 Å². The van der Waals surface area contributed by atoms with Crippen molar-refractivity contribution in [3.05, 3.63) is 12.3 Å². The Kier molecular flexibility index (Phi) is 5.48. The van der Waals surface area contributed by atoms with Gasteiger partial charge in [-0.25, -0.2) is 0 Å². The fourth-order valence-electron chi connectivity index (χ4n) is 1.45. The molecule has 0 aliphatic carbocycles. The first-order chi connectivity index (χ1) is 8.08. The number of carbonyl (C=O) groups is 1. The van der Waals surface area contributed by atoms with Crippen LogP contribution >= 0.6 is 0 Å². The van der Waals surface area contributed by atoms with Crippen molar-refractivity contribution in [3.8, 4) is 0 Å². The highest BCUT2D eigenvalue weighted by atomic mass is 16.2. The maximum absolute atomic E-state index is 11.5. The summed E-state index contributed by atoms with van der Waals surface area (Å²) >= 11 is 0. The third-order valence-corrected chi connectivity index (χ3v) is 2.32. The molecule has 96 valence electrons. The molecule has 0 bridgehead atoms. The fraction of sp³-hybridized carbons (Fsp3) is 0.636. The Balaban J connectivity index is 2.09. The Morgan fingerprint density at radius 2 is 2.29 bits per heavy atom. The summed E-state index contributed by atoms with van der Waals surface area (Å²) in [6.07, 6.45) is 3.77. The number of rotatable bonds is 7. The second kappa shape index (κ2) is 6.90. The molecule has 0 radical (unpaired) electrons. The number of unbranched alkanes of at least 4 members (excludes halogenated alkanes) is 1. The zero-order chi connectivity index (χ0) is 12.7. The number of amides is 1. The van der Waals surface area contributed by atoms with Gasteiger partial charge in [-0.1, -0.05) is 0 Å². The molecule has 0 atom stereocenters. The molecule has 1 aromatic heterocycles. The molecule has 3 N–H and O–H groups in total. The molecule has 0 aliphatic rings. The SMILES string of the molecule is CN(C)CCCCNC(=O)Cn1ccc(N)n1. The van der Waals surface area contributed by atoms with Crippen molar-refractivity contribution in [3.63, 3.8) is 0 Å². The zero-order valence-electron chi connectivity index (χ0n) is 10.5. The first-order valence-corrected chi connectivity index (χ1v) is 5.78. The minimum Gasteiger partial charge on any atom is -0.382 e. The number of hydrogen-bond donors (Lipinski definition) is 2. The summed E-state index contributed by atoms with van der Waals surface area (Å²) in [5, 5.41) is 6.80. The number of hydrogen-bond acceptors (Lipinski definition) is 4. The van der Waals surface area contributed by atoms with Crippen molar-refractivity contribution >= 4 is 11.7 Å². The van der Waals surface area contributed by atoms with E-state index in [4.69, 9.17) is 5.73 Å². The minimum atomic E-state index is -0.0297. The van der Waals surface area contributed by atoms with Crippen molar-refractivity contribution in [2.45, 2.75) is 19.4 Å². The summed E-state index contributed by atoms with van der Waals surface area (Å²) in [5.41, 5.74) is 5.45. The lowest BCUT2D eigenvalue weighted by Crippen LogP contribution is -2.29. The fourth-order valence-corrected chi connectivity index (χ4v) is 1.45. The number of carbonyl (C=O) groups excluding carboxylic acids is 1. The summed E-state index contributed by atoms with van der Waals surface area (Å²) in [5.74, 6) is 0.404. The average Bonchev–Trinajstić information content (AvgIpc) is 2.63. The van der Waals surface area contributed by atoms with E-state index < -0.39 is 0 Å². The number of nitrogen functional groups attached to an aromatic ring is 1. The van der Waals surface area contributed by atoms with Gasteiger partial charge in [0.15, 0.2) is 0 Å². The van der Waals surface area contributed by atoms with Gasteiger partial charge in [-0.15, -0.1) is 0 Å². The molecule has 1 aromatic rings. The van der Waals surface area contributed by atoms with Crippen LogP contribution in [0.4, 0.5) is 5.82 Å². The Morgan fingerprint density at radius 1 is 1.53 bits per heavy atom. The zero-order valence-corrected chi connectivity index (χ0v) is 10.5. The summed E-state index contributed by atoms with van der Waals surface area (Å²) in [7, 11) is 4.08. The number of nitrogens with two attached hydrogens (primary N) is 1. The van der Waals surface area contributed by atoms with Gasteiger partial charge in [0.05, 0.1) is 0 Å². The van der Waals surface area contributed by atoms with E-state index in [9.17, 15) is 4.79 Å². The summed E-state index contributed by atoms with van der Waals surface area (Å²) < 4.78 is 1.53. The molecule has 0 spiro atoms. The standard InChI is InChI=1S/C11H21N5O/c1-15(2)7-4-3-6-13-11(17)9-16-8-5-10(12)14-16/h5,8H,3-4,6-7,9H2,1-2H3,(H2,12,14)(H,13,17). The molecule has 17 heavy (non-hydrogen) atoms. The van der Waals surface area contributed by atoms with Crippen molar-refractivity contribution in [2.75, 3.05) is 32.9 Å². The molecule has 6 nitrogen and oxygen atoms in total. The van der Waals surface area contributed by atoms with E-state index in [0.29, 0.717) is 12.4 Å². The number of aromatic nitrogens is 2. The van der Waals surface area contributed by atoms with E-state index >= 15 is 0 Å². The Bertz CT molecular complexity index is 347. The van der Waals surface area contributed by atoms with Crippen LogP contribution in [0.5, 0.6) is 0 Å². The van der Waals surface area contributed by atoms with Crippen LogP contribution in [0.1, 0.15) is 12.8 Å².